The fourth-order valence-electron chi connectivity index (χ4n) is 3.41. The SMILES string of the molecule is COc1cc(/C=C2\SC(=O)N(Cc3ccccc3[N+](=O)[O-])C2=O)ccc1OC(=O)c1cccc(F)c1. The van der Waals surface area contributed by atoms with Crippen LogP contribution in [0.5, 0.6) is 11.5 Å². The van der Waals surface area contributed by atoms with Crippen LogP contribution in [0.4, 0.5) is 14.9 Å². The van der Waals surface area contributed by atoms with Crippen LogP contribution < -0.4 is 9.47 Å². The lowest BCUT2D eigenvalue weighted by atomic mass is 10.1. The summed E-state index contributed by atoms with van der Waals surface area (Å²) in [5.74, 6) is -1.70. The number of benzene rings is 3. The molecule has 4 rings (SSSR count). The molecule has 0 N–H and O–H groups in total. The van der Waals surface area contributed by atoms with Crippen LogP contribution in [0.1, 0.15) is 21.5 Å². The van der Waals surface area contributed by atoms with E-state index in [1.165, 1.54) is 61.7 Å². The van der Waals surface area contributed by atoms with E-state index in [1.54, 1.807) is 12.1 Å². The molecule has 11 heteroatoms. The predicted octanol–water partition coefficient (Wildman–Crippen LogP) is 5.20. The standard InChI is InChI=1S/C25H17FN2O7S/c1-34-21-11-15(9-10-20(21)35-24(30)16-6-4-7-18(26)13-16)12-22-23(29)27(25(31)36-22)14-17-5-2-3-8-19(17)28(32)33/h2-13H,14H2,1H3/b22-12-. The van der Waals surface area contributed by atoms with Crippen LogP contribution in [0.2, 0.25) is 0 Å². The second kappa shape index (κ2) is 10.4. The minimum Gasteiger partial charge on any atom is -0.493 e. The number of methoxy groups -OCH3 is 1. The van der Waals surface area contributed by atoms with E-state index in [4.69, 9.17) is 9.47 Å². The zero-order chi connectivity index (χ0) is 25.8. The molecule has 9 nitrogen and oxygen atoms in total. The fourth-order valence-corrected chi connectivity index (χ4v) is 4.25. The van der Waals surface area contributed by atoms with E-state index in [0.29, 0.717) is 17.3 Å². The van der Waals surface area contributed by atoms with E-state index in [0.717, 1.165) is 11.0 Å². The molecule has 36 heavy (non-hydrogen) atoms. The van der Waals surface area contributed by atoms with Crippen LogP contribution in [0, 0.1) is 15.9 Å². The molecule has 0 spiro atoms. The quantitative estimate of drug-likeness (QED) is 0.141. The molecule has 1 fully saturated rings. The van der Waals surface area contributed by atoms with Gasteiger partial charge in [-0.2, -0.15) is 0 Å². The Balaban J connectivity index is 1.53. The number of imide groups is 1. The van der Waals surface area contributed by atoms with E-state index in [-0.39, 0.29) is 39.8 Å². The number of carbonyl (C=O) groups excluding carboxylic acids is 3. The molecule has 1 saturated heterocycles. The van der Waals surface area contributed by atoms with Gasteiger partial charge < -0.3 is 9.47 Å². The zero-order valence-corrected chi connectivity index (χ0v) is 19.5. The van der Waals surface area contributed by atoms with Gasteiger partial charge in [-0.3, -0.25) is 24.6 Å². The minimum atomic E-state index is -0.781. The van der Waals surface area contributed by atoms with Crippen LogP contribution in [0.3, 0.4) is 0 Å². The molecule has 0 bridgehead atoms. The van der Waals surface area contributed by atoms with Crippen LogP contribution >= 0.6 is 11.8 Å². The van der Waals surface area contributed by atoms with E-state index < -0.39 is 27.9 Å². The van der Waals surface area contributed by atoms with Gasteiger partial charge in [-0.25, -0.2) is 9.18 Å². The first-order valence-electron chi connectivity index (χ1n) is 10.4. The van der Waals surface area contributed by atoms with E-state index in [9.17, 15) is 28.9 Å². The van der Waals surface area contributed by atoms with Crippen molar-refractivity contribution in [1.29, 1.82) is 0 Å². The molecule has 0 aliphatic carbocycles. The van der Waals surface area contributed by atoms with E-state index in [1.807, 2.05) is 0 Å². The summed E-state index contributed by atoms with van der Waals surface area (Å²) in [6, 6.07) is 15.4. The van der Waals surface area contributed by atoms with Gasteiger partial charge in [0, 0.05) is 11.6 Å². The molecule has 0 aromatic heterocycles. The fraction of sp³-hybridized carbons (Fsp3) is 0.0800. The summed E-state index contributed by atoms with van der Waals surface area (Å²) in [5.41, 5.74) is 0.549. The van der Waals surface area contributed by atoms with Crippen LogP contribution in [-0.4, -0.2) is 34.0 Å². The predicted molar refractivity (Wildman–Crippen MR) is 129 cm³/mol. The Morgan fingerprint density at radius 3 is 2.58 bits per heavy atom. The third-order valence-corrected chi connectivity index (χ3v) is 6.05. The molecule has 0 saturated carbocycles. The molecular formula is C25H17FN2O7S. The Hall–Kier alpha value is -4.51. The van der Waals surface area contributed by atoms with Crippen molar-refractivity contribution < 1.29 is 33.2 Å². The van der Waals surface area contributed by atoms with Crippen molar-refractivity contribution in [2.24, 2.45) is 0 Å². The number of rotatable bonds is 7. The third-order valence-electron chi connectivity index (χ3n) is 5.14. The van der Waals surface area contributed by atoms with E-state index in [2.05, 4.69) is 0 Å². The number of carbonyl (C=O) groups is 3. The molecule has 182 valence electrons. The molecule has 1 aliphatic heterocycles. The number of para-hydroxylation sites is 1. The molecule has 3 aromatic carbocycles. The maximum atomic E-state index is 13.4. The molecule has 0 unspecified atom stereocenters. The highest BCUT2D eigenvalue weighted by atomic mass is 32.2. The van der Waals surface area contributed by atoms with Gasteiger partial charge in [0.1, 0.15) is 5.82 Å². The molecule has 3 aromatic rings. The lowest BCUT2D eigenvalue weighted by molar-refractivity contribution is -0.385. The smallest absolute Gasteiger partial charge is 0.343 e. The highest BCUT2D eigenvalue weighted by molar-refractivity contribution is 8.18. The number of nitro benzene ring substituents is 1. The summed E-state index contributed by atoms with van der Waals surface area (Å²) in [5, 5.41) is 10.7. The molecule has 0 atom stereocenters. The van der Waals surface area contributed by atoms with Crippen molar-refractivity contribution in [2.75, 3.05) is 7.11 Å². The minimum absolute atomic E-state index is 0.0217. The monoisotopic (exact) mass is 508 g/mol. The summed E-state index contributed by atoms with van der Waals surface area (Å²) >= 11 is 0.704. The highest BCUT2D eigenvalue weighted by Gasteiger charge is 2.36. The largest absolute Gasteiger partial charge is 0.493 e. The van der Waals surface area contributed by atoms with Crippen molar-refractivity contribution in [3.8, 4) is 11.5 Å². The number of esters is 1. The van der Waals surface area contributed by atoms with Crippen molar-refractivity contribution in [3.05, 3.63) is 104 Å². The Morgan fingerprint density at radius 1 is 1.08 bits per heavy atom. The lowest BCUT2D eigenvalue weighted by Gasteiger charge is -2.12. The van der Waals surface area contributed by atoms with Crippen LogP contribution in [0.25, 0.3) is 6.08 Å². The molecular weight excluding hydrogens is 491 g/mol. The lowest BCUT2D eigenvalue weighted by Crippen LogP contribution is -2.27. The summed E-state index contributed by atoms with van der Waals surface area (Å²) in [6.07, 6.45) is 1.46. The van der Waals surface area contributed by atoms with Crippen molar-refractivity contribution in [1.82, 2.24) is 4.90 Å². The number of ether oxygens (including phenoxy) is 2. The summed E-state index contributed by atoms with van der Waals surface area (Å²) in [6.45, 7) is -0.239. The molecule has 2 amide bonds. The first-order chi connectivity index (χ1) is 17.3. The number of halogens is 1. The van der Waals surface area contributed by atoms with Crippen molar-refractivity contribution in [3.63, 3.8) is 0 Å². The normalized spacial score (nSPS) is 14.3. The summed E-state index contributed by atoms with van der Waals surface area (Å²) < 4.78 is 24.0. The van der Waals surface area contributed by atoms with Crippen molar-refractivity contribution >= 4 is 40.6 Å². The number of nitrogens with zero attached hydrogens (tertiary/aromatic N) is 2. The van der Waals surface area contributed by atoms with Gasteiger partial charge >= 0.3 is 5.97 Å². The van der Waals surface area contributed by atoms with Gasteiger partial charge in [0.2, 0.25) is 0 Å². The first-order valence-corrected chi connectivity index (χ1v) is 11.2. The average Bonchev–Trinajstić information content (AvgIpc) is 3.12. The molecule has 0 radical (unpaired) electrons. The Bertz CT molecular complexity index is 1420. The van der Waals surface area contributed by atoms with Gasteiger partial charge in [0.15, 0.2) is 11.5 Å². The molecule has 1 aliphatic rings. The Labute approximate surface area is 208 Å². The highest BCUT2D eigenvalue weighted by Crippen LogP contribution is 2.36. The summed E-state index contributed by atoms with van der Waals surface area (Å²) in [4.78, 5) is 49.4. The number of amides is 2. The number of hydrogen-bond acceptors (Lipinski definition) is 8. The van der Waals surface area contributed by atoms with Gasteiger partial charge in [0.05, 0.1) is 29.0 Å². The van der Waals surface area contributed by atoms with Crippen LogP contribution in [-0.2, 0) is 11.3 Å². The van der Waals surface area contributed by atoms with Crippen LogP contribution in [0.15, 0.2) is 71.6 Å². The zero-order valence-electron chi connectivity index (χ0n) is 18.7. The number of hydrogen-bond donors (Lipinski definition) is 0. The second-order valence-corrected chi connectivity index (χ2v) is 8.46. The van der Waals surface area contributed by atoms with Crippen molar-refractivity contribution in [2.45, 2.75) is 6.54 Å². The first kappa shape index (κ1) is 24.6. The van der Waals surface area contributed by atoms with Gasteiger partial charge in [-0.05, 0) is 53.7 Å². The topological polar surface area (TPSA) is 116 Å². The average molecular weight is 508 g/mol. The van der Waals surface area contributed by atoms with E-state index >= 15 is 0 Å². The maximum Gasteiger partial charge on any atom is 0.343 e. The Kier molecular flexibility index (Phi) is 7.11. The number of nitro groups is 1. The van der Waals surface area contributed by atoms with Gasteiger partial charge in [-0.15, -0.1) is 0 Å². The van der Waals surface area contributed by atoms with Gasteiger partial charge in [0.25, 0.3) is 16.8 Å². The molecule has 1 heterocycles. The second-order valence-electron chi connectivity index (χ2n) is 7.46. The Morgan fingerprint density at radius 2 is 1.86 bits per heavy atom. The summed E-state index contributed by atoms with van der Waals surface area (Å²) in [7, 11) is 1.36. The number of thioether (sulfide) groups is 1. The maximum absolute atomic E-state index is 13.4. The third kappa shape index (κ3) is 5.26. The van der Waals surface area contributed by atoms with Gasteiger partial charge in [-0.1, -0.05) is 30.3 Å².